The van der Waals surface area contributed by atoms with Crippen LogP contribution in [0.3, 0.4) is 0 Å². The Morgan fingerprint density at radius 2 is 1.80 bits per heavy atom. The van der Waals surface area contributed by atoms with E-state index in [0.717, 1.165) is 11.1 Å². The number of aryl methyl sites for hydroxylation is 1. The molecule has 0 amide bonds. The highest BCUT2D eigenvalue weighted by Crippen LogP contribution is 2.26. The summed E-state index contributed by atoms with van der Waals surface area (Å²) in [4.78, 5) is 13.1. The maximum atomic E-state index is 13.1. The topological polar surface area (TPSA) is 63.7 Å². The van der Waals surface area contributed by atoms with Gasteiger partial charge in [-0.2, -0.15) is 4.31 Å². The van der Waals surface area contributed by atoms with E-state index < -0.39 is 16.3 Å². The predicted octanol–water partition coefficient (Wildman–Crippen LogP) is 2.79. The van der Waals surface area contributed by atoms with Crippen molar-refractivity contribution >= 4 is 15.8 Å². The van der Waals surface area contributed by atoms with Crippen LogP contribution in [0.4, 0.5) is 0 Å². The largest absolute Gasteiger partial charge is 0.355 e. The first-order valence-electron chi connectivity index (χ1n) is 8.27. The van der Waals surface area contributed by atoms with Crippen molar-refractivity contribution in [2.24, 2.45) is 0 Å². The van der Waals surface area contributed by atoms with Gasteiger partial charge in [0.25, 0.3) is 0 Å². The van der Waals surface area contributed by atoms with Gasteiger partial charge in [0.05, 0.1) is 4.90 Å². The summed E-state index contributed by atoms with van der Waals surface area (Å²) in [6, 6.07) is 13.8. The summed E-state index contributed by atoms with van der Waals surface area (Å²) in [7, 11) is -3.84. The highest BCUT2D eigenvalue weighted by Gasteiger charge is 2.39. The maximum Gasteiger partial charge on any atom is 0.245 e. The molecule has 2 aromatic rings. The minimum absolute atomic E-state index is 0.168. The number of carbonyl (C=O) groups excluding carboxylic acids is 1. The van der Waals surface area contributed by atoms with E-state index in [0.29, 0.717) is 12.0 Å². The molecule has 0 fully saturated rings. The highest BCUT2D eigenvalue weighted by atomic mass is 32.2. The van der Waals surface area contributed by atoms with Gasteiger partial charge in [-0.15, -0.1) is 0 Å². The van der Waals surface area contributed by atoms with Crippen LogP contribution in [-0.2, 0) is 21.2 Å². The van der Waals surface area contributed by atoms with Crippen LogP contribution in [0.1, 0.15) is 28.4 Å². The van der Waals surface area contributed by atoms with Crippen molar-refractivity contribution in [1.29, 1.82) is 0 Å². The molecule has 0 bridgehead atoms. The van der Waals surface area contributed by atoms with Crippen LogP contribution in [-0.4, -0.2) is 37.9 Å². The molecule has 25 heavy (non-hydrogen) atoms. The van der Waals surface area contributed by atoms with Crippen molar-refractivity contribution in [3.63, 3.8) is 0 Å². The van der Waals surface area contributed by atoms with Gasteiger partial charge in [0, 0.05) is 18.7 Å². The second-order valence-corrected chi connectivity index (χ2v) is 7.90. The van der Waals surface area contributed by atoms with E-state index >= 15 is 0 Å². The van der Waals surface area contributed by atoms with Gasteiger partial charge < -0.3 is 4.74 Å². The molecule has 5 nitrogen and oxygen atoms in total. The average Bonchev–Trinajstić information content (AvgIpc) is 2.74. The Labute approximate surface area is 148 Å². The number of ether oxygens (including phenoxy) is 1. The monoisotopic (exact) mass is 359 g/mol. The van der Waals surface area contributed by atoms with E-state index in [1.54, 1.807) is 43.3 Å². The molecule has 1 atom stereocenters. The van der Waals surface area contributed by atoms with Crippen LogP contribution in [0.5, 0.6) is 0 Å². The summed E-state index contributed by atoms with van der Waals surface area (Å²) in [6.07, 6.45) is -0.670. The smallest absolute Gasteiger partial charge is 0.245 e. The molecule has 1 unspecified atom stereocenters. The number of sulfonamides is 1. The van der Waals surface area contributed by atoms with E-state index in [2.05, 4.69) is 0 Å². The number of hydrogen-bond donors (Lipinski definition) is 0. The third-order valence-corrected chi connectivity index (χ3v) is 6.18. The molecule has 1 heterocycles. The quantitative estimate of drug-likeness (QED) is 0.842. The lowest BCUT2D eigenvalue weighted by molar-refractivity contribution is 0.000187. The molecule has 2 aromatic carbocycles. The van der Waals surface area contributed by atoms with Gasteiger partial charge in [-0.1, -0.05) is 42.0 Å². The lowest BCUT2D eigenvalue weighted by atomic mass is 10.0. The molecule has 0 aliphatic carbocycles. The van der Waals surface area contributed by atoms with Gasteiger partial charge in [0.1, 0.15) is 0 Å². The van der Waals surface area contributed by atoms with Crippen molar-refractivity contribution in [3.8, 4) is 0 Å². The molecule has 0 saturated carbocycles. The number of benzene rings is 2. The number of ketones is 1. The van der Waals surface area contributed by atoms with Crippen LogP contribution in [0.25, 0.3) is 0 Å². The van der Waals surface area contributed by atoms with Gasteiger partial charge in [0.15, 0.2) is 6.23 Å². The summed E-state index contributed by atoms with van der Waals surface area (Å²) >= 11 is 0. The second kappa shape index (κ2) is 7.07. The molecule has 132 valence electrons. The molecule has 6 heteroatoms. The molecule has 1 aliphatic heterocycles. The molecule has 0 aromatic heterocycles. The zero-order chi connectivity index (χ0) is 18.0. The Bertz CT molecular complexity index is 875. The summed E-state index contributed by atoms with van der Waals surface area (Å²) in [5, 5.41) is 0. The Balaban J connectivity index is 2.05. The zero-order valence-corrected chi connectivity index (χ0v) is 15.1. The van der Waals surface area contributed by atoms with Crippen LogP contribution in [0.15, 0.2) is 53.4 Å². The molecule has 0 N–H and O–H groups in total. The van der Waals surface area contributed by atoms with E-state index in [4.69, 9.17) is 4.74 Å². The second-order valence-electron chi connectivity index (χ2n) is 6.01. The predicted molar refractivity (Wildman–Crippen MR) is 95.0 cm³/mol. The normalized spacial score (nSPS) is 18.6. The van der Waals surface area contributed by atoms with Gasteiger partial charge in [-0.05, 0) is 38.0 Å². The van der Waals surface area contributed by atoms with Crippen molar-refractivity contribution in [1.82, 2.24) is 4.31 Å². The lowest BCUT2D eigenvalue weighted by Crippen LogP contribution is -2.46. The fourth-order valence-electron chi connectivity index (χ4n) is 3.00. The van der Waals surface area contributed by atoms with Crippen LogP contribution < -0.4 is 0 Å². The Kier molecular flexibility index (Phi) is 5.03. The van der Waals surface area contributed by atoms with Crippen molar-refractivity contribution < 1.29 is 17.9 Å². The van der Waals surface area contributed by atoms with Crippen LogP contribution >= 0.6 is 0 Å². The van der Waals surface area contributed by atoms with Gasteiger partial charge in [-0.3, -0.25) is 4.79 Å². The molecular formula is C19H21NO4S. The number of Topliss-reactive ketones (excluding diaryl/α,β-unsaturated/α-hetero) is 1. The maximum absolute atomic E-state index is 13.1. The third-order valence-electron chi connectivity index (χ3n) is 4.32. The first-order chi connectivity index (χ1) is 11.9. The number of rotatable bonds is 4. The fourth-order valence-corrected chi connectivity index (χ4v) is 4.49. The van der Waals surface area contributed by atoms with Crippen molar-refractivity contribution in [3.05, 3.63) is 65.2 Å². The molecule has 1 aliphatic rings. The lowest BCUT2D eigenvalue weighted by Gasteiger charge is -2.27. The minimum atomic E-state index is -3.84. The standard InChI is InChI=1S/C19H21NO4S/c1-3-24-19-18(21)17-7-5-4-6-15(17)12-13-20(19)25(22,23)16-10-8-14(2)9-11-16/h4-11,19H,3,12-13H2,1-2H3. The van der Waals surface area contributed by atoms with E-state index in [-0.39, 0.29) is 23.8 Å². The Morgan fingerprint density at radius 3 is 2.48 bits per heavy atom. The number of carbonyl (C=O) groups is 1. The molecule has 0 radical (unpaired) electrons. The molecule has 0 spiro atoms. The number of nitrogens with zero attached hydrogens (tertiary/aromatic N) is 1. The molecule has 0 saturated heterocycles. The minimum Gasteiger partial charge on any atom is -0.355 e. The first-order valence-corrected chi connectivity index (χ1v) is 9.71. The first kappa shape index (κ1) is 17.8. The third kappa shape index (κ3) is 3.38. The zero-order valence-electron chi connectivity index (χ0n) is 14.3. The van der Waals surface area contributed by atoms with Gasteiger partial charge >= 0.3 is 0 Å². The van der Waals surface area contributed by atoms with E-state index in [1.807, 2.05) is 19.1 Å². The van der Waals surface area contributed by atoms with Crippen molar-refractivity contribution in [2.75, 3.05) is 13.2 Å². The van der Waals surface area contributed by atoms with E-state index in [9.17, 15) is 13.2 Å². The average molecular weight is 359 g/mol. The number of fused-ring (bicyclic) bond motifs is 1. The summed E-state index contributed by atoms with van der Waals surface area (Å²) in [5.41, 5.74) is 2.35. The van der Waals surface area contributed by atoms with E-state index in [1.165, 1.54) is 4.31 Å². The highest BCUT2D eigenvalue weighted by molar-refractivity contribution is 7.89. The molecular weight excluding hydrogens is 338 g/mol. The van der Waals surface area contributed by atoms with Crippen molar-refractivity contribution in [2.45, 2.75) is 31.4 Å². The van der Waals surface area contributed by atoms with Gasteiger partial charge in [0.2, 0.25) is 15.8 Å². The van der Waals surface area contributed by atoms with Gasteiger partial charge in [-0.25, -0.2) is 8.42 Å². The summed E-state index contributed by atoms with van der Waals surface area (Å²) in [6.45, 7) is 4.09. The molecule has 3 rings (SSSR count). The number of hydrogen-bond acceptors (Lipinski definition) is 4. The van der Waals surface area contributed by atoms with Crippen LogP contribution in [0.2, 0.25) is 0 Å². The Hall–Kier alpha value is -2.02. The van der Waals surface area contributed by atoms with Crippen LogP contribution in [0, 0.1) is 6.92 Å². The SMILES string of the molecule is CCOC1C(=O)c2ccccc2CCN1S(=O)(=O)c1ccc(C)cc1. The summed E-state index contributed by atoms with van der Waals surface area (Å²) < 4.78 is 33.0. The fraction of sp³-hybridized carbons (Fsp3) is 0.316. The summed E-state index contributed by atoms with van der Waals surface area (Å²) in [5.74, 6) is -0.314. The Morgan fingerprint density at radius 1 is 1.12 bits per heavy atom.